The van der Waals surface area contributed by atoms with E-state index in [0.29, 0.717) is 49.1 Å². The van der Waals surface area contributed by atoms with E-state index in [-0.39, 0.29) is 15.5 Å². The van der Waals surface area contributed by atoms with Crippen molar-refractivity contribution in [2.75, 3.05) is 17.9 Å². The van der Waals surface area contributed by atoms with Crippen molar-refractivity contribution in [2.45, 2.75) is 31.6 Å². The number of halogens is 1. The lowest BCUT2D eigenvalue weighted by molar-refractivity contribution is 0.0952. The SMILES string of the molecule is CCOc1ccc(NS(=O)(=O)c2cc(C(=O)NCCCc3nc(C)no3)ccc2Cl)cc1. The molecule has 0 spiro atoms. The lowest BCUT2D eigenvalue weighted by Gasteiger charge is -2.12. The van der Waals surface area contributed by atoms with Crippen LogP contribution < -0.4 is 14.8 Å². The molecule has 0 aliphatic carbocycles. The fraction of sp³-hybridized carbons (Fsp3) is 0.286. The van der Waals surface area contributed by atoms with Crippen LogP contribution in [-0.2, 0) is 16.4 Å². The maximum absolute atomic E-state index is 12.8. The van der Waals surface area contributed by atoms with Crippen LogP contribution in [0.1, 0.15) is 35.4 Å². The molecule has 32 heavy (non-hydrogen) atoms. The van der Waals surface area contributed by atoms with E-state index in [9.17, 15) is 13.2 Å². The molecule has 0 fully saturated rings. The number of amides is 1. The topological polar surface area (TPSA) is 123 Å². The van der Waals surface area contributed by atoms with E-state index in [2.05, 4.69) is 20.2 Å². The molecule has 3 rings (SSSR count). The number of carbonyl (C=O) groups excluding carboxylic acids is 1. The quantitative estimate of drug-likeness (QED) is 0.426. The number of carbonyl (C=O) groups is 1. The normalized spacial score (nSPS) is 11.2. The second-order valence-corrected chi connectivity index (χ2v) is 8.86. The first kappa shape index (κ1) is 23.6. The molecule has 3 aromatic rings. The van der Waals surface area contributed by atoms with E-state index in [1.165, 1.54) is 18.2 Å². The smallest absolute Gasteiger partial charge is 0.263 e. The number of ether oxygens (including phenoxy) is 1. The summed E-state index contributed by atoms with van der Waals surface area (Å²) in [5, 5.41) is 6.45. The van der Waals surface area contributed by atoms with Crippen molar-refractivity contribution in [3.05, 3.63) is 64.8 Å². The molecule has 1 amide bonds. The van der Waals surface area contributed by atoms with E-state index in [1.807, 2.05) is 6.92 Å². The van der Waals surface area contributed by atoms with Gasteiger partial charge >= 0.3 is 0 Å². The fourth-order valence-electron chi connectivity index (χ4n) is 2.83. The molecule has 11 heteroatoms. The third-order valence-corrected chi connectivity index (χ3v) is 6.19. The van der Waals surface area contributed by atoms with Gasteiger partial charge in [-0.05, 0) is 62.7 Å². The Hall–Kier alpha value is -3.11. The number of aromatic nitrogens is 2. The number of aryl methyl sites for hydroxylation is 2. The van der Waals surface area contributed by atoms with Crippen LogP contribution in [-0.4, -0.2) is 37.6 Å². The molecule has 0 bridgehead atoms. The summed E-state index contributed by atoms with van der Waals surface area (Å²) in [6, 6.07) is 10.6. The van der Waals surface area contributed by atoms with Crippen LogP contribution in [0.5, 0.6) is 5.75 Å². The summed E-state index contributed by atoms with van der Waals surface area (Å²) >= 11 is 6.12. The summed E-state index contributed by atoms with van der Waals surface area (Å²) in [5.41, 5.74) is 0.519. The van der Waals surface area contributed by atoms with Crippen LogP contribution in [0.4, 0.5) is 5.69 Å². The van der Waals surface area contributed by atoms with Crippen molar-refractivity contribution in [3.63, 3.8) is 0 Å². The average Bonchev–Trinajstić information content (AvgIpc) is 3.17. The van der Waals surface area contributed by atoms with Crippen LogP contribution in [0.25, 0.3) is 0 Å². The number of nitrogens with zero attached hydrogens (tertiary/aromatic N) is 2. The molecule has 170 valence electrons. The Balaban J connectivity index is 1.64. The second-order valence-electron chi connectivity index (χ2n) is 6.80. The molecular formula is C21H23ClN4O5S. The van der Waals surface area contributed by atoms with Gasteiger partial charge in [0.2, 0.25) is 5.89 Å². The first-order valence-electron chi connectivity index (χ1n) is 9.91. The Labute approximate surface area is 191 Å². The fourth-order valence-corrected chi connectivity index (χ4v) is 4.42. The average molecular weight is 479 g/mol. The molecule has 0 unspecified atom stereocenters. The minimum atomic E-state index is -4.01. The molecule has 9 nitrogen and oxygen atoms in total. The number of benzene rings is 2. The molecular weight excluding hydrogens is 456 g/mol. The maximum atomic E-state index is 12.8. The summed E-state index contributed by atoms with van der Waals surface area (Å²) in [4.78, 5) is 16.4. The summed E-state index contributed by atoms with van der Waals surface area (Å²) < 4.78 is 38.5. The molecule has 2 aromatic carbocycles. The number of nitrogens with one attached hydrogen (secondary N) is 2. The number of sulfonamides is 1. The number of hydrogen-bond acceptors (Lipinski definition) is 7. The first-order valence-corrected chi connectivity index (χ1v) is 11.8. The van der Waals surface area contributed by atoms with Crippen molar-refractivity contribution in [3.8, 4) is 5.75 Å². The largest absolute Gasteiger partial charge is 0.494 e. The molecule has 1 aromatic heterocycles. The lowest BCUT2D eigenvalue weighted by atomic mass is 10.2. The van der Waals surface area contributed by atoms with E-state index < -0.39 is 15.9 Å². The van der Waals surface area contributed by atoms with Gasteiger partial charge in [-0.15, -0.1) is 0 Å². The molecule has 0 saturated heterocycles. The number of hydrogen-bond donors (Lipinski definition) is 2. The van der Waals surface area contributed by atoms with Crippen molar-refractivity contribution >= 4 is 33.2 Å². The zero-order valence-electron chi connectivity index (χ0n) is 17.6. The summed E-state index contributed by atoms with van der Waals surface area (Å²) in [6.07, 6.45) is 1.11. The van der Waals surface area contributed by atoms with Crippen LogP contribution in [0, 0.1) is 6.92 Å². The van der Waals surface area contributed by atoms with Gasteiger partial charge in [-0.3, -0.25) is 9.52 Å². The zero-order chi connectivity index (χ0) is 23.1. The van der Waals surface area contributed by atoms with E-state index >= 15 is 0 Å². The highest BCUT2D eigenvalue weighted by Crippen LogP contribution is 2.26. The highest BCUT2D eigenvalue weighted by atomic mass is 35.5. The highest BCUT2D eigenvalue weighted by Gasteiger charge is 2.20. The Morgan fingerprint density at radius 2 is 1.94 bits per heavy atom. The third kappa shape index (κ3) is 6.21. The van der Waals surface area contributed by atoms with Crippen LogP contribution in [0.2, 0.25) is 5.02 Å². The Morgan fingerprint density at radius 3 is 2.59 bits per heavy atom. The summed E-state index contributed by atoms with van der Waals surface area (Å²) in [6.45, 7) is 4.45. The molecule has 1 heterocycles. The van der Waals surface area contributed by atoms with Crippen molar-refractivity contribution < 1.29 is 22.5 Å². The van der Waals surface area contributed by atoms with Crippen molar-refractivity contribution in [1.29, 1.82) is 0 Å². The van der Waals surface area contributed by atoms with Crippen molar-refractivity contribution in [2.24, 2.45) is 0 Å². The Morgan fingerprint density at radius 1 is 1.19 bits per heavy atom. The van der Waals surface area contributed by atoms with Gasteiger partial charge in [-0.1, -0.05) is 16.8 Å². The van der Waals surface area contributed by atoms with Gasteiger partial charge in [0.25, 0.3) is 15.9 Å². The van der Waals surface area contributed by atoms with Gasteiger partial charge in [0.15, 0.2) is 5.82 Å². The number of anilines is 1. The molecule has 0 aliphatic rings. The molecule has 0 atom stereocenters. The lowest BCUT2D eigenvalue weighted by Crippen LogP contribution is -2.25. The molecule has 2 N–H and O–H groups in total. The standard InChI is InChI=1S/C21H23ClN4O5S/c1-3-30-17-9-7-16(8-10-17)26-32(28,29)19-13-15(6-11-18(19)22)21(27)23-12-4-5-20-24-14(2)25-31-20/h6-11,13,26H,3-5,12H2,1-2H3,(H,23,27). The van der Waals surface area contributed by atoms with Crippen LogP contribution in [0.3, 0.4) is 0 Å². The van der Waals surface area contributed by atoms with E-state index in [4.69, 9.17) is 20.9 Å². The third-order valence-electron chi connectivity index (χ3n) is 4.32. The van der Waals surface area contributed by atoms with E-state index in [0.717, 1.165) is 0 Å². The Bertz CT molecular complexity index is 1180. The van der Waals surface area contributed by atoms with E-state index in [1.54, 1.807) is 31.2 Å². The van der Waals surface area contributed by atoms with Crippen LogP contribution in [0.15, 0.2) is 51.9 Å². The monoisotopic (exact) mass is 478 g/mol. The van der Waals surface area contributed by atoms with Gasteiger partial charge < -0.3 is 14.6 Å². The maximum Gasteiger partial charge on any atom is 0.263 e. The van der Waals surface area contributed by atoms with Gasteiger partial charge in [-0.2, -0.15) is 4.98 Å². The minimum Gasteiger partial charge on any atom is -0.494 e. The van der Waals surface area contributed by atoms with Gasteiger partial charge in [0.1, 0.15) is 10.6 Å². The van der Waals surface area contributed by atoms with Gasteiger partial charge in [0.05, 0.1) is 11.6 Å². The zero-order valence-corrected chi connectivity index (χ0v) is 19.2. The molecule has 0 saturated carbocycles. The number of rotatable bonds is 10. The predicted octanol–water partition coefficient (Wildman–Crippen LogP) is 3.59. The second kappa shape index (κ2) is 10.5. The molecule has 0 aliphatic heterocycles. The predicted molar refractivity (Wildman–Crippen MR) is 120 cm³/mol. The van der Waals surface area contributed by atoms with Crippen LogP contribution >= 0.6 is 11.6 Å². The van der Waals surface area contributed by atoms with Gasteiger partial charge in [0, 0.05) is 24.2 Å². The molecule has 0 radical (unpaired) electrons. The summed E-state index contributed by atoms with van der Waals surface area (Å²) in [7, 11) is -4.01. The Kier molecular flexibility index (Phi) is 7.70. The highest BCUT2D eigenvalue weighted by molar-refractivity contribution is 7.92. The van der Waals surface area contributed by atoms with Gasteiger partial charge in [-0.25, -0.2) is 8.42 Å². The van der Waals surface area contributed by atoms with Crippen molar-refractivity contribution in [1.82, 2.24) is 15.5 Å². The minimum absolute atomic E-state index is 0.00625. The summed E-state index contributed by atoms with van der Waals surface area (Å²) in [5.74, 6) is 1.26. The first-order chi connectivity index (χ1) is 15.3.